The molecule has 2 amide bonds. The second-order valence-corrected chi connectivity index (χ2v) is 8.57. The minimum absolute atomic E-state index is 0.00123. The molecule has 1 aliphatic rings. The van der Waals surface area contributed by atoms with Gasteiger partial charge in [-0.1, -0.05) is 50.2 Å². The smallest absolute Gasteiger partial charge is 0.329 e. The van der Waals surface area contributed by atoms with Crippen molar-refractivity contribution in [1.82, 2.24) is 4.90 Å². The van der Waals surface area contributed by atoms with Crippen LogP contribution in [0.3, 0.4) is 0 Å². The van der Waals surface area contributed by atoms with Gasteiger partial charge in [0.1, 0.15) is 11.9 Å². The summed E-state index contributed by atoms with van der Waals surface area (Å²) >= 11 is 0. The average Bonchev–Trinajstić information content (AvgIpc) is 3.17. The summed E-state index contributed by atoms with van der Waals surface area (Å²) in [6, 6.07) is 10.6. The standard InChI is InChI=1S/C25H29FN2O5/c1-15(2)19-9-6-7-16(3)24(19)27-22(30)14-33-25(32)21-12-18(29)13-28(21)23(31)11-17-8-4-5-10-20(17)26/h4-10,15,18,21,29H,11-14H2,1-3H3,(H,27,30). The lowest BCUT2D eigenvalue weighted by molar-refractivity contribution is -0.155. The van der Waals surface area contributed by atoms with Crippen LogP contribution in [0.2, 0.25) is 0 Å². The van der Waals surface area contributed by atoms with E-state index in [1.165, 1.54) is 23.1 Å². The van der Waals surface area contributed by atoms with Crippen LogP contribution in [0, 0.1) is 12.7 Å². The number of carbonyl (C=O) groups excluding carboxylic acids is 3. The van der Waals surface area contributed by atoms with Crippen molar-refractivity contribution in [2.24, 2.45) is 0 Å². The predicted octanol–water partition coefficient (Wildman–Crippen LogP) is 2.94. The first-order valence-corrected chi connectivity index (χ1v) is 10.9. The van der Waals surface area contributed by atoms with Gasteiger partial charge in [-0.2, -0.15) is 0 Å². The number of ether oxygens (including phenoxy) is 1. The van der Waals surface area contributed by atoms with Crippen LogP contribution in [-0.4, -0.2) is 53.1 Å². The molecule has 7 nitrogen and oxygen atoms in total. The Morgan fingerprint density at radius 2 is 1.91 bits per heavy atom. The normalized spacial score (nSPS) is 17.8. The maximum absolute atomic E-state index is 13.9. The average molecular weight is 457 g/mol. The Labute approximate surface area is 192 Å². The van der Waals surface area contributed by atoms with Crippen molar-refractivity contribution in [1.29, 1.82) is 0 Å². The molecule has 0 spiro atoms. The number of para-hydroxylation sites is 1. The number of likely N-dealkylation sites (tertiary alicyclic amines) is 1. The summed E-state index contributed by atoms with van der Waals surface area (Å²) < 4.78 is 19.1. The first-order chi connectivity index (χ1) is 15.7. The Hall–Kier alpha value is -3.26. The van der Waals surface area contributed by atoms with E-state index in [4.69, 9.17) is 4.74 Å². The maximum atomic E-state index is 13.9. The lowest BCUT2D eigenvalue weighted by atomic mass is 9.98. The summed E-state index contributed by atoms with van der Waals surface area (Å²) in [4.78, 5) is 39.0. The van der Waals surface area contributed by atoms with Gasteiger partial charge in [0.25, 0.3) is 5.91 Å². The van der Waals surface area contributed by atoms with Crippen LogP contribution in [0.25, 0.3) is 0 Å². The van der Waals surface area contributed by atoms with E-state index in [2.05, 4.69) is 5.32 Å². The van der Waals surface area contributed by atoms with Crippen molar-refractivity contribution in [2.75, 3.05) is 18.5 Å². The van der Waals surface area contributed by atoms with Crippen LogP contribution >= 0.6 is 0 Å². The highest BCUT2D eigenvalue weighted by atomic mass is 19.1. The van der Waals surface area contributed by atoms with Crippen molar-refractivity contribution in [3.05, 3.63) is 65.0 Å². The van der Waals surface area contributed by atoms with Crippen LogP contribution in [0.15, 0.2) is 42.5 Å². The third kappa shape index (κ3) is 5.96. The molecule has 1 fully saturated rings. The predicted molar refractivity (Wildman–Crippen MR) is 121 cm³/mol. The fourth-order valence-electron chi connectivity index (χ4n) is 3.97. The number of anilines is 1. The number of esters is 1. The van der Waals surface area contributed by atoms with Crippen molar-refractivity contribution >= 4 is 23.5 Å². The number of carbonyl (C=O) groups is 3. The third-order valence-corrected chi connectivity index (χ3v) is 5.71. The zero-order valence-corrected chi connectivity index (χ0v) is 19.0. The molecule has 0 radical (unpaired) electrons. The van der Waals surface area contributed by atoms with E-state index >= 15 is 0 Å². The molecule has 2 atom stereocenters. The van der Waals surface area contributed by atoms with Gasteiger partial charge in [0, 0.05) is 18.7 Å². The fraction of sp³-hybridized carbons (Fsp3) is 0.400. The SMILES string of the molecule is Cc1cccc(C(C)C)c1NC(=O)COC(=O)C1CC(O)CN1C(=O)Cc1ccccc1F. The molecule has 2 aromatic rings. The van der Waals surface area contributed by atoms with E-state index in [9.17, 15) is 23.9 Å². The maximum Gasteiger partial charge on any atom is 0.329 e. The quantitative estimate of drug-likeness (QED) is 0.625. The molecule has 0 aliphatic carbocycles. The number of nitrogens with zero attached hydrogens (tertiary/aromatic N) is 1. The molecule has 8 heteroatoms. The monoisotopic (exact) mass is 456 g/mol. The van der Waals surface area contributed by atoms with Gasteiger partial charge >= 0.3 is 5.97 Å². The van der Waals surface area contributed by atoms with Crippen molar-refractivity contribution in [3.63, 3.8) is 0 Å². The Morgan fingerprint density at radius 3 is 2.61 bits per heavy atom. The van der Waals surface area contributed by atoms with Gasteiger partial charge in [0.15, 0.2) is 6.61 Å². The minimum atomic E-state index is -1.03. The molecule has 2 unspecified atom stereocenters. The number of aliphatic hydroxyl groups excluding tert-OH is 1. The highest BCUT2D eigenvalue weighted by Gasteiger charge is 2.40. The molecule has 176 valence electrons. The molecule has 2 N–H and O–H groups in total. The molecule has 0 saturated carbocycles. The van der Waals surface area contributed by atoms with Gasteiger partial charge in [0.2, 0.25) is 5.91 Å². The summed E-state index contributed by atoms with van der Waals surface area (Å²) in [5, 5.41) is 12.8. The molecule has 1 aliphatic heterocycles. The summed E-state index contributed by atoms with van der Waals surface area (Å²) in [6.45, 7) is 5.34. The van der Waals surface area contributed by atoms with Crippen molar-refractivity contribution in [2.45, 2.75) is 51.7 Å². The van der Waals surface area contributed by atoms with E-state index in [0.717, 1.165) is 11.1 Å². The summed E-state index contributed by atoms with van der Waals surface area (Å²) in [6.07, 6.45) is -1.14. The number of β-amino-alcohol motifs (C(OH)–C–C–N with tert-alkyl or cyclic N) is 1. The summed E-state index contributed by atoms with van der Waals surface area (Å²) in [5.74, 6) is -2.10. The Balaban J connectivity index is 1.61. The van der Waals surface area contributed by atoms with Gasteiger partial charge in [-0.15, -0.1) is 0 Å². The first kappa shape index (κ1) is 24.4. The zero-order chi connectivity index (χ0) is 24.1. The Morgan fingerprint density at radius 1 is 1.18 bits per heavy atom. The van der Waals surface area contributed by atoms with Gasteiger partial charge in [-0.05, 0) is 35.6 Å². The van der Waals surface area contributed by atoms with Crippen molar-refractivity contribution < 1.29 is 28.6 Å². The second-order valence-electron chi connectivity index (χ2n) is 8.57. The number of halogens is 1. The summed E-state index contributed by atoms with van der Waals surface area (Å²) in [7, 11) is 0. The van der Waals surface area contributed by atoms with E-state index in [1.807, 2.05) is 39.0 Å². The number of benzene rings is 2. The van der Waals surface area contributed by atoms with E-state index in [-0.39, 0.29) is 30.9 Å². The van der Waals surface area contributed by atoms with Gasteiger partial charge in [-0.3, -0.25) is 9.59 Å². The van der Waals surface area contributed by atoms with Crippen molar-refractivity contribution in [3.8, 4) is 0 Å². The van der Waals surface area contributed by atoms with E-state index in [1.54, 1.807) is 6.07 Å². The molecule has 0 bridgehead atoms. The lowest BCUT2D eigenvalue weighted by Gasteiger charge is -2.23. The number of rotatable bonds is 7. The van der Waals surface area contributed by atoms with Gasteiger partial charge < -0.3 is 20.1 Å². The first-order valence-electron chi connectivity index (χ1n) is 10.9. The third-order valence-electron chi connectivity index (χ3n) is 5.71. The zero-order valence-electron chi connectivity index (χ0n) is 19.0. The van der Waals surface area contributed by atoms with Crippen LogP contribution in [-0.2, 0) is 25.5 Å². The molecule has 3 rings (SSSR count). The molecule has 33 heavy (non-hydrogen) atoms. The fourth-order valence-corrected chi connectivity index (χ4v) is 3.97. The molecule has 2 aromatic carbocycles. The summed E-state index contributed by atoms with van der Waals surface area (Å²) in [5.41, 5.74) is 2.75. The highest BCUT2D eigenvalue weighted by Crippen LogP contribution is 2.27. The minimum Gasteiger partial charge on any atom is -0.454 e. The van der Waals surface area contributed by atoms with Crippen LogP contribution < -0.4 is 5.32 Å². The topological polar surface area (TPSA) is 95.9 Å². The molecule has 1 saturated heterocycles. The van der Waals surface area contributed by atoms with Gasteiger partial charge in [-0.25, -0.2) is 9.18 Å². The number of aryl methyl sites for hydroxylation is 1. The van der Waals surface area contributed by atoms with Crippen LogP contribution in [0.4, 0.5) is 10.1 Å². The number of nitrogens with one attached hydrogen (secondary N) is 1. The molecular weight excluding hydrogens is 427 g/mol. The molecular formula is C25H29FN2O5. The lowest BCUT2D eigenvalue weighted by Crippen LogP contribution is -2.43. The largest absolute Gasteiger partial charge is 0.454 e. The van der Waals surface area contributed by atoms with Crippen LogP contribution in [0.5, 0.6) is 0 Å². The Kier molecular flexibility index (Phi) is 7.81. The number of hydrogen-bond donors (Lipinski definition) is 2. The van der Waals surface area contributed by atoms with Crippen LogP contribution in [0.1, 0.15) is 42.9 Å². The highest BCUT2D eigenvalue weighted by molar-refractivity contribution is 5.95. The molecule has 1 heterocycles. The van der Waals surface area contributed by atoms with E-state index < -0.39 is 42.4 Å². The Bertz CT molecular complexity index is 1040. The second kappa shape index (κ2) is 10.6. The molecule has 0 aromatic heterocycles. The van der Waals surface area contributed by atoms with E-state index in [0.29, 0.717) is 5.69 Å². The number of hydrogen-bond acceptors (Lipinski definition) is 5. The number of aliphatic hydroxyl groups is 1. The van der Waals surface area contributed by atoms with Gasteiger partial charge in [0.05, 0.1) is 12.5 Å². The number of amides is 2.